The summed E-state index contributed by atoms with van der Waals surface area (Å²) in [6.07, 6.45) is 0. The molecule has 0 bridgehead atoms. The van der Waals surface area contributed by atoms with Crippen molar-refractivity contribution >= 4 is 28.3 Å². The summed E-state index contributed by atoms with van der Waals surface area (Å²) in [6.45, 7) is 1.46. The van der Waals surface area contributed by atoms with E-state index in [9.17, 15) is 14.7 Å². The summed E-state index contributed by atoms with van der Waals surface area (Å²) >= 11 is 0. The third kappa shape index (κ3) is 3.30. The van der Waals surface area contributed by atoms with Gasteiger partial charge in [0.1, 0.15) is 5.75 Å². The molecule has 0 aliphatic carbocycles. The molecule has 0 spiro atoms. The van der Waals surface area contributed by atoms with Crippen LogP contribution in [0.4, 0.5) is 5.69 Å². The van der Waals surface area contributed by atoms with Crippen LogP contribution in [-0.2, 0) is 4.79 Å². The maximum atomic E-state index is 11.5. The molecule has 1 amide bonds. The van der Waals surface area contributed by atoms with E-state index in [1.807, 2.05) is 36.4 Å². The Labute approximate surface area is 144 Å². The molecule has 0 saturated carbocycles. The lowest BCUT2D eigenvalue weighted by atomic mass is 9.96. The highest BCUT2D eigenvalue weighted by Crippen LogP contribution is 2.32. The van der Waals surface area contributed by atoms with Crippen molar-refractivity contribution in [2.45, 2.75) is 6.92 Å². The molecule has 25 heavy (non-hydrogen) atoms. The van der Waals surface area contributed by atoms with E-state index < -0.39 is 5.97 Å². The standard InChI is InChI=1S/C20H17NO4/c1-12(22)21-19-5-3-4-13-10-14(6-8-16(13)19)18-11-15(25-2)7-9-17(18)20(23)24/h3-11H,1-2H3,(H,21,22)(H,23,24). The number of amides is 1. The first-order valence-electron chi connectivity index (χ1n) is 7.71. The number of carbonyl (C=O) groups excluding carboxylic acids is 1. The summed E-state index contributed by atoms with van der Waals surface area (Å²) in [5.74, 6) is -0.547. The van der Waals surface area contributed by atoms with Gasteiger partial charge in [0.2, 0.25) is 5.91 Å². The molecule has 0 atom stereocenters. The van der Waals surface area contributed by atoms with E-state index in [1.165, 1.54) is 13.0 Å². The SMILES string of the molecule is COc1ccc(C(=O)O)c(-c2ccc3c(NC(C)=O)cccc3c2)c1. The number of nitrogens with one attached hydrogen (secondary N) is 1. The third-order valence-electron chi connectivity index (χ3n) is 3.96. The van der Waals surface area contributed by atoms with Crippen molar-refractivity contribution in [2.24, 2.45) is 0 Å². The normalized spacial score (nSPS) is 10.5. The summed E-state index contributed by atoms with van der Waals surface area (Å²) < 4.78 is 5.22. The molecule has 3 aromatic carbocycles. The fourth-order valence-electron chi connectivity index (χ4n) is 2.83. The number of benzene rings is 3. The number of hydrogen-bond acceptors (Lipinski definition) is 3. The monoisotopic (exact) mass is 335 g/mol. The Hall–Kier alpha value is -3.34. The zero-order chi connectivity index (χ0) is 18.0. The quantitative estimate of drug-likeness (QED) is 0.750. The lowest BCUT2D eigenvalue weighted by molar-refractivity contribution is -0.114. The van der Waals surface area contributed by atoms with Gasteiger partial charge in [-0.15, -0.1) is 0 Å². The van der Waals surface area contributed by atoms with Crippen LogP contribution in [0.1, 0.15) is 17.3 Å². The molecule has 0 aromatic heterocycles. The smallest absolute Gasteiger partial charge is 0.336 e. The number of fused-ring (bicyclic) bond motifs is 1. The van der Waals surface area contributed by atoms with E-state index in [-0.39, 0.29) is 11.5 Å². The number of carboxylic acids is 1. The first kappa shape index (κ1) is 16.5. The summed E-state index contributed by atoms with van der Waals surface area (Å²) in [7, 11) is 1.54. The van der Waals surface area contributed by atoms with Crippen LogP contribution in [0.15, 0.2) is 54.6 Å². The van der Waals surface area contributed by atoms with Gasteiger partial charge < -0.3 is 15.2 Å². The number of anilines is 1. The lowest BCUT2D eigenvalue weighted by Gasteiger charge is -2.12. The Morgan fingerprint density at radius 3 is 2.52 bits per heavy atom. The fraction of sp³-hybridized carbons (Fsp3) is 0.100. The van der Waals surface area contributed by atoms with E-state index in [1.54, 1.807) is 19.2 Å². The topological polar surface area (TPSA) is 75.6 Å². The summed E-state index contributed by atoms with van der Waals surface area (Å²) in [4.78, 5) is 22.9. The molecule has 3 rings (SSSR count). The van der Waals surface area contributed by atoms with E-state index in [4.69, 9.17) is 4.74 Å². The van der Waals surface area contributed by atoms with Crippen LogP contribution < -0.4 is 10.1 Å². The van der Waals surface area contributed by atoms with Crippen LogP contribution in [0.25, 0.3) is 21.9 Å². The van der Waals surface area contributed by atoms with Gasteiger partial charge in [0, 0.05) is 18.0 Å². The third-order valence-corrected chi connectivity index (χ3v) is 3.96. The molecular weight excluding hydrogens is 318 g/mol. The Balaban J connectivity index is 2.17. The number of carbonyl (C=O) groups is 2. The van der Waals surface area contributed by atoms with Crippen LogP contribution in [0.2, 0.25) is 0 Å². The fourth-order valence-corrected chi connectivity index (χ4v) is 2.83. The van der Waals surface area contributed by atoms with Crippen molar-refractivity contribution in [1.29, 1.82) is 0 Å². The van der Waals surface area contributed by atoms with Crippen LogP contribution in [-0.4, -0.2) is 24.1 Å². The molecule has 0 aliphatic heterocycles. The van der Waals surface area contributed by atoms with Gasteiger partial charge in [-0.05, 0) is 46.8 Å². The minimum Gasteiger partial charge on any atom is -0.497 e. The van der Waals surface area contributed by atoms with Crippen LogP contribution in [0, 0.1) is 0 Å². The number of carboxylic acid groups (broad SMARTS) is 1. The summed E-state index contributed by atoms with van der Waals surface area (Å²) in [6, 6.07) is 16.1. The predicted octanol–water partition coefficient (Wildman–Crippen LogP) is 4.17. The Bertz CT molecular complexity index is 979. The molecule has 5 nitrogen and oxygen atoms in total. The molecule has 0 fully saturated rings. The van der Waals surface area contributed by atoms with Crippen molar-refractivity contribution in [3.05, 3.63) is 60.2 Å². The Morgan fingerprint density at radius 1 is 1.04 bits per heavy atom. The molecule has 5 heteroatoms. The molecule has 0 saturated heterocycles. The molecule has 0 unspecified atom stereocenters. The second-order valence-electron chi connectivity index (χ2n) is 5.64. The average Bonchev–Trinajstić information content (AvgIpc) is 2.60. The molecule has 0 aliphatic rings. The maximum absolute atomic E-state index is 11.5. The van der Waals surface area contributed by atoms with Gasteiger partial charge in [0.05, 0.1) is 12.7 Å². The van der Waals surface area contributed by atoms with Crippen molar-refractivity contribution in [1.82, 2.24) is 0 Å². The van der Waals surface area contributed by atoms with Gasteiger partial charge in [0.15, 0.2) is 0 Å². The highest BCUT2D eigenvalue weighted by Gasteiger charge is 2.14. The van der Waals surface area contributed by atoms with Crippen LogP contribution in [0.5, 0.6) is 5.75 Å². The molecule has 0 heterocycles. The second-order valence-corrected chi connectivity index (χ2v) is 5.64. The van der Waals surface area contributed by atoms with Gasteiger partial charge in [0.25, 0.3) is 0 Å². The molecule has 126 valence electrons. The van der Waals surface area contributed by atoms with Gasteiger partial charge in [-0.3, -0.25) is 4.79 Å². The van der Waals surface area contributed by atoms with Gasteiger partial charge in [-0.25, -0.2) is 4.79 Å². The van der Waals surface area contributed by atoms with E-state index in [0.29, 0.717) is 11.3 Å². The Kier molecular flexibility index (Phi) is 4.39. The number of aromatic carboxylic acids is 1. The first-order valence-corrected chi connectivity index (χ1v) is 7.71. The molecule has 0 radical (unpaired) electrons. The molecule has 3 aromatic rings. The zero-order valence-corrected chi connectivity index (χ0v) is 13.9. The van der Waals surface area contributed by atoms with Crippen molar-refractivity contribution in [3.63, 3.8) is 0 Å². The van der Waals surface area contributed by atoms with Crippen molar-refractivity contribution < 1.29 is 19.4 Å². The Morgan fingerprint density at radius 2 is 1.84 bits per heavy atom. The maximum Gasteiger partial charge on any atom is 0.336 e. The number of rotatable bonds is 4. The summed E-state index contributed by atoms with van der Waals surface area (Å²) in [5, 5.41) is 14.1. The second kappa shape index (κ2) is 6.65. The number of methoxy groups -OCH3 is 1. The minimum atomic E-state index is -0.996. The van der Waals surface area contributed by atoms with Gasteiger partial charge >= 0.3 is 5.97 Å². The largest absolute Gasteiger partial charge is 0.497 e. The van der Waals surface area contributed by atoms with Crippen LogP contribution >= 0.6 is 0 Å². The van der Waals surface area contributed by atoms with E-state index >= 15 is 0 Å². The van der Waals surface area contributed by atoms with Gasteiger partial charge in [-0.2, -0.15) is 0 Å². The predicted molar refractivity (Wildman–Crippen MR) is 97.2 cm³/mol. The highest BCUT2D eigenvalue weighted by atomic mass is 16.5. The molecular formula is C20H17NO4. The van der Waals surface area contributed by atoms with E-state index in [2.05, 4.69) is 5.32 Å². The van der Waals surface area contributed by atoms with Crippen LogP contribution in [0.3, 0.4) is 0 Å². The zero-order valence-electron chi connectivity index (χ0n) is 13.9. The molecule has 2 N–H and O–H groups in total. The van der Waals surface area contributed by atoms with Crippen molar-refractivity contribution in [3.8, 4) is 16.9 Å². The van der Waals surface area contributed by atoms with E-state index in [0.717, 1.165) is 22.0 Å². The number of ether oxygens (including phenoxy) is 1. The van der Waals surface area contributed by atoms with Crippen molar-refractivity contribution in [2.75, 3.05) is 12.4 Å². The summed E-state index contributed by atoms with van der Waals surface area (Å²) in [5.41, 5.74) is 2.28. The number of hydrogen-bond donors (Lipinski definition) is 2. The average molecular weight is 335 g/mol. The van der Waals surface area contributed by atoms with Gasteiger partial charge in [-0.1, -0.05) is 24.3 Å². The highest BCUT2D eigenvalue weighted by molar-refractivity contribution is 6.04. The first-order chi connectivity index (χ1) is 12.0. The lowest BCUT2D eigenvalue weighted by Crippen LogP contribution is -2.06. The minimum absolute atomic E-state index is 0.141.